The highest BCUT2D eigenvalue weighted by Gasteiger charge is 2.14. The third kappa shape index (κ3) is 2.72. The Morgan fingerprint density at radius 1 is 1.17 bits per heavy atom. The zero-order chi connectivity index (χ0) is 16.5. The number of hydrogen-bond donors (Lipinski definition) is 1. The van der Waals surface area contributed by atoms with Crippen LogP contribution < -0.4 is 5.32 Å². The van der Waals surface area contributed by atoms with Gasteiger partial charge in [0.15, 0.2) is 0 Å². The van der Waals surface area contributed by atoms with E-state index < -0.39 is 0 Å². The number of thiophene rings is 1. The first-order chi connectivity index (χ1) is 11.7. The summed E-state index contributed by atoms with van der Waals surface area (Å²) in [4.78, 5) is 22.4. The molecule has 0 saturated carbocycles. The molecule has 0 aliphatic carbocycles. The quantitative estimate of drug-likeness (QED) is 0.608. The van der Waals surface area contributed by atoms with E-state index in [2.05, 4.69) is 15.3 Å². The summed E-state index contributed by atoms with van der Waals surface area (Å²) < 4.78 is 1.99. The normalized spacial score (nSPS) is 11.0. The monoisotopic (exact) mass is 354 g/mol. The van der Waals surface area contributed by atoms with Crippen molar-refractivity contribution in [2.75, 3.05) is 0 Å². The molecule has 0 aliphatic rings. The molecule has 3 heterocycles. The van der Waals surface area contributed by atoms with Crippen LogP contribution in [-0.2, 0) is 13.6 Å². The Bertz CT molecular complexity index is 1000. The van der Waals surface area contributed by atoms with Crippen molar-refractivity contribution < 1.29 is 4.79 Å². The van der Waals surface area contributed by atoms with Gasteiger partial charge in [0.05, 0.1) is 22.5 Å². The van der Waals surface area contributed by atoms with E-state index in [4.69, 9.17) is 0 Å². The molecule has 120 valence electrons. The Morgan fingerprint density at radius 3 is 2.83 bits per heavy atom. The van der Waals surface area contributed by atoms with Gasteiger partial charge >= 0.3 is 0 Å². The van der Waals surface area contributed by atoms with Crippen LogP contribution in [0.5, 0.6) is 0 Å². The smallest absolute Gasteiger partial charge is 0.271 e. The molecule has 0 atom stereocenters. The highest BCUT2D eigenvalue weighted by Crippen LogP contribution is 2.27. The van der Waals surface area contributed by atoms with Gasteiger partial charge in [-0.05, 0) is 23.6 Å². The summed E-state index contributed by atoms with van der Waals surface area (Å²) in [6.45, 7) is 0.371. The Morgan fingerprint density at radius 2 is 2.04 bits per heavy atom. The van der Waals surface area contributed by atoms with Crippen LogP contribution in [0.15, 0.2) is 47.2 Å². The van der Waals surface area contributed by atoms with E-state index in [9.17, 15) is 4.79 Å². The molecule has 4 aromatic rings. The lowest BCUT2D eigenvalue weighted by molar-refractivity contribution is 0.0945. The number of aromatic nitrogens is 3. The van der Waals surface area contributed by atoms with Crippen molar-refractivity contribution in [2.45, 2.75) is 6.54 Å². The minimum absolute atomic E-state index is 0.180. The molecule has 3 aromatic heterocycles. The fourth-order valence-corrected chi connectivity index (χ4v) is 4.11. The number of carbonyl (C=O) groups excluding carboxylic acids is 1. The summed E-state index contributed by atoms with van der Waals surface area (Å²) in [6, 6.07) is 11.9. The maximum atomic E-state index is 12.3. The van der Waals surface area contributed by atoms with E-state index in [0.29, 0.717) is 12.2 Å². The standard InChI is InChI=1S/C17H14N4OS2/c1-21-13-6-3-2-5-11(13)19-15(21)9-18-16(22)12-10-24-17(20-12)14-7-4-8-23-14/h2-8,10H,9H2,1H3,(H,18,22). The van der Waals surface area contributed by atoms with Crippen LogP contribution in [0.3, 0.4) is 0 Å². The second-order valence-electron chi connectivity index (χ2n) is 5.27. The third-order valence-corrected chi connectivity index (χ3v) is 5.64. The summed E-state index contributed by atoms with van der Waals surface area (Å²) in [5.74, 6) is 0.638. The first-order valence-electron chi connectivity index (χ1n) is 7.40. The summed E-state index contributed by atoms with van der Waals surface area (Å²) in [6.07, 6.45) is 0. The van der Waals surface area contributed by atoms with E-state index in [1.54, 1.807) is 16.7 Å². The van der Waals surface area contributed by atoms with Crippen molar-refractivity contribution >= 4 is 39.6 Å². The van der Waals surface area contributed by atoms with Gasteiger partial charge in [0.2, 0.25) is 0 Å². The van der Waals surface area contributed by atoms with Crippen molar-refractivity contribution in [2.24, 2.45) is 7.05 Å². The largest absolute Gasteiger partial charge is 0.343 e. The minimum atomic E-state index is -0.180. The number of aryl methyl sites for hydroxylation is 1. The lowest BCUT2D eigenvalue weighted by atomic mass is 10.3. The number of carbonyl (C=O) groups is 1. The molecule has 1 N–H and O–H groups in total. The second-order valence-corrected chi connectivity index (χ2v) is 7.08. The summed E-state index contributed by atoms with van der Waals surface area (Å²) >= 11 is 3.10. The maximum absolute atomic E-state index is 12.3. The molecule has 0 bridgehead atoms. The van der Waals surface area contributed by atoms with Crippen LogP contribution in [0.1, 0.15) is 16.3 Å². The zero-order valence-electron chi connectivity index (χ0n) is 12.9. The van der Waals surface area contributed by atoms with Crippen molar-refractivity contribution in [1.29, 1.82) is 0 Å². The van der Waals surface area contributed by atoms with Crippen LogP contribution in [-0.4, -0.2) is 20.4 Å². The Balaban J connectivity index is 1.49. The SMILES string of the molecule is Cn1c(CNC(=O)c2csc(-c3cccs3)n2)nc2ccccc21. The maximum Gasteiger partial charge on any atom is 0.271 e. The lowest BCUT2D eigenvalue weighted by Crippen LogP contribution is -2.24. The Hall–Kier alpha value is -2.51. The van der Waals surface area contributed by atoms with Gasteiger partial charge in [0.25, 0.3) is 5.91 Å². The fraction of sp³-hybridized carbons (Fsp3) is 0.118. The molecule has 4 rings (SSSR count). The first kappa shape index (κ1) is 15.0. The van der Waals surface area contributed by atoms with Gasteiger partial charge in [-0.2, -0.15) is 0 Å². The van der Waals surface area contributed by atoms with Crippen LogP contribution in [0.2, 0.25) is 0 Å². The highest BCUT2D eigenvalue weighted by atomic mass is 32.1. The number of amides is 1. The molecule has 0 spiro atoms. The topological polar surface area (TPSA) is 59.8 Å². The minimum Gasteiger partial charge on any atom is -0.343 e. The number of imidazole rings is 1. The number of nitrogens with zero attached hydrogens (tertiary/aromatic N) is 3. The molecule has 1 aromatic carbocycles. The molecule has 1 amide bonds. The molecule has 24 heavy (non-hydrogen) atoms. The molecule has 0 unspecified atom stereocenters. The highest BCUT2D eigenvalue weighted by molar-refractivity contribution is 7.20. The van der Waals surface area contributed by atoms with Gasteiger partial charge in [-0.1, -0.05) is 18.2 Å². The fourth-order valence-electron chi connectivity index (χ4n) is 2.49. The van der Waals surface area contributed by atoms with Crippen LogP contribution in [0, 0.1) is 0 Å². The predicted molar refractivity (Wildman–Crippen MR) is 97.3 cm³/mol. The first-order valence-corrected chi connectivity index (χ1v) is 9.16. The van der Waals surface area contributed by atoms with Gasteiger partial charge in [-0.15, -0.1) is 22.7 Å². The Labute approximate surface area is 146 Å². The summed E-state index contributed by atoms with van der Waals surface area (Å²) in [5.41, 5.74) is 2.43. The molecule has 5 nitrogen and oxygen atoms in total. The predicted octanol–water partition coefficient (Wildman–Crippen LogP) is 3.69. The number of para-hydroxylation sites is 2. The molecular formula is C17H14N4OS2. The van der Waals surface area contributed by atoms with E-state index in [1.165, 1.54) is 11.3 Å². The summed E-state index contributed by atoms with van der Waals surface area (Å²) in [7, 11) is 1.95. The second kappa shape index (κ2) is 6.18. The molecule has 0 saturated heterocycles. The molecule has 0 aliphatic heterocycles. The van der Waals surface area contributed by atoms with Crippen molar-refractivity contribution in [3.8, 4) is 9.88 Å². The van der Waals surface area contributed by atoms with Gasteiger partial charge in [0.1, 0.15) is 16.5 Å². The van der Waals surface area contributed by atoms with E-state index in [-0.39, 0.29) is 5.91 Å². The van der Waals surface area contributed by atoms with E-state index >= 15 is 0 Å². The average Bonchev–Trinajstić information content (AvgIpc) is 3.33. The Kier molecular flexibility index (Phi) is 3.87. The van der Waals surface area contributed by atoms with E-state index in [1.807, 2.05) is 53.4 Å². The molecular weight excluding hydrogens is 340 g/mol. The van der Waals surface area contributed by atoms with Crippen molar-refractivity contribution in [1.82, 2.24) is 19.9 Å². The van der Waals surface area contributed by atoms with Crippen LogP contribution in [0.25, 0.3) is 20.9 Å². The molecule has 0 radical (unpaired) electrons. The van der Waals surface area contributed by atoms with Gasteiger partial charge in [-0.25, -0.2) is 9.97 Å². The average molecular weight is 354 g/mol. The van der Waals surface area contributed by atoms with Crippen molar-refractivity contribution in [3.05, 3.63) is 58.7 Å². The number of hydrogen-bond acceptors (Lipinski definition) is 5. The van der Waals surface area contributed by atoms with Crippen molar-refractivity contribution in [3.63, 3.8) is 0 Å². The number of rotatable bonds is 4. The number of fused-ring (bicyclic) bond motifs is 1. The summed E-state index contributed by atoms with van der Waals surface area (Å²) in [5, 5.41) is 7.57. The molecule has 7 heteroatoms. The van der Waals surface area contributed by atoms with E-state index in [0.717, 1.165) is 26.7 Å². The lowest BCUT2D eigenvalue weighted by Gasteiger charge is -2.04. The van der Waals surface area contributed by atoms with Gasteiger partial charge in [0, 0.05) is 12.4 Å². The zero-order valence-corrected chi connectivity index (χ0v) is 14.5. The van der Waals surface area contributed by atoms with Crippen LogP contribution >= 0.6 is 22.7 Å². The van der Waals surface area contributed by atoms with Gasteiger partial charge in [-0.3, -0.25) is 4.79 Å². The number of benzene rings is 1. The third-order valence-electron chi connectivity index (χ3n) is 3.76. The number of thiazole rings is 1. The number of nitrogens with one attached hydrogen (secondary N) is 1. The molecule has 0 fully saturated rings. The van der Waals surface area contributed by atoms with Crippen LogP contribution in [0.4, 0.5) is 0 Å². The van der Waals surface area contributed by atoms with Gasteiger partial charge < -0.3 is 9.88 Å².